The Balaban J connectivity index is 1.69. The topological polar surface area (TPSA) is 64.0 Å². The standard InChI is InChI=1S/C22H27ClN2O3/c1-3-12-13-8-17-22(11(2)26)21(14-6-4-5-7-15(14)24(22)10-23)9-16(18(13)19(21)27)25(17)20(12)28/h4-7,12-13,16-20,27-28H,3,8-10H2,1-2H3/t12-,13-,16-,17-,18-,19+,20+,21+,22?/m0/s1. The molecule has 4 saturated heterocycles. The van der Waals surface area contributed by atoms with Crippen LogP contribution in [0.5, 0.6) is 0 Å². The highest BCUT2D eigenvalue weighted by Gasteiger charge is 2.83. The van der Waals surface area contributed by atoms with Gasteiger partial charge in [-0.05, 0) is 43.7 Å². The van der Waals surface area contributed by atoms with Crippen molar-refractivity contribution < 1.29 is 15.0 Å². The first-order valence-corrected chi connectivity index (χ1v) is 11.1. The van der Waals surface area contributed by atoms with Crippen molar-refractivity contribution in [3.63, 3.8) is 0 Å². The maximum Gasteiger partial charge on any atom is 0.157 e. The summed E-state index contributed by atoms with van der Waals surface area (Å²) in [5.74, 6) is 0.569. The van der Waals surface area contributed by atoms with Crippen LogP contribution in [0.25, 0.3) is 0 Å². The fraction of sp³-hybridized carbons (Fsp3) is 0.682. The van der Waals surface area contributed by atoms with E-state index in [0.29, 0.717) is 6.42 Å². The molecule has 2 N–H and O–H groups in total. The largest absolute Gasteiger partial charge is 0.392 e. The van der Waals surface area contributed by atoms with Gasteiger partial charge < -0.3 is 15.1 Å². The van der Waals surface area contributed by atoms with E-state index in [0.717, 1.165) is 24.1 Å². The number of fused-ring (bicyclic) bond motifs is 2. The molecule has 7 rings (SSSR count). The quantitative estimate of drug-likeness (QED) is 0.598. The number of ketones is 1. The number of nitrogens with zero attached hydrogens (tertiary/aromatic N) is 2. The first kappa shape index (κ1) is 17.7. The van der Waals surface area contributed by atoms with Crippen LogP contribution in [0.4, 0.5) is 5.69 Å². The third kappa shape index (κ3) is 1.48. The molecular formula is C22H27ClN2O3. The molecule has 150 valence electrons. The van der Waals surface area contributed by atoms with E-state index >= 15 is 0 Å². The van der Waals surface area contributed by atoms with E-state index in [2.05, 4.69) is 17.9 Å². The summed E-state index contributed by atoms with van der Waals surface area (Å²) in [5.41, 5.74) is 0.481. The molecule has 1 aromatic rings. The fourth-order valence-electron chi connectivity index (χ4n) is 8.65. The van der Waals surface area contributed by atoms with E-state index in [1.54, 1.807) is 6.92 Å². The maximum atomic E-state index is 13.6. The number of alkyl halides is 1. The second-order valence-electron chi connectivity index (χ2n) is 9.50. The smallest absolute Gasteiger partial charge is 0.157 e. The van der Waals surface area contributed by atoms with Crippen molar-refractivity contribution in [2.45, 2.75) is 68.5 Å². The molecule has 1 aliphatic carbocycles. The molecule has 1 spiro atoms. The number of Topliss-reactive ketones (excluding diaryl/α,β-unsaturated/α-hetero) is 1. The zero-order valence-electron chi connectivity index (χ0n) is 16.3. The van der Waals surface area contributed by atoms with Gasteiger partial charge in [0.05, 0.1) is 17.5 Å². The number of aliphatic hydroxyl groups excluding tert-OH is 2. The Morgan fingerprint density at radius 1 is 1.32 bits per heavy atom. The third-order valence-electron chi connectivity index (χ3n) is 9.21. The molecule has 0 amide bonds. The summed E-state index contributed by atoms with van der Waals surface area (Å²) < 4.78 is 0. The number of carbonyl (C=O) groups excluding carboxylic acids is 1. The molecule has 5 heterocycles. The maximum absolute atomic E-state index is 13.6. The van der Waals surface area contributed by atoms with Crippen molar-refractivity contribution in [1.82, 2.24) is 4.90 Å². The Morgan fingerprint density at radius 2 is 2.07 bits per heavy atom. The minimum absolute atomic E-state index is 0.0558. The number of piperidine rings is 4. The van der Waals surface area contributed by atoms with Crippen LogP contribution in [-0.4, -0.2) is 56.9 Å². The summed E-state index contributed by atoms with van der Waals surface area (Å²) in [6.07, 6.45) is 1.30. The number of benzene rings is 1. The summed E-state index contributed by atoms with van der Waals surface area (Å²) in [5, 5.41) is 23.2. The van der Waals surface area contributed by atoms with Gasteiger partial charge in [0.2, 0.25) is 0 Å². The monoisotopic (exact) mass is 402 g/mol. The SMILES string of the molecule is CC[C@H]1[C@@H]2C[C@@H]3N([C@@H]1O)[C@H]1C[C@@]4(c5ccccc5N(CCl)C34C(C)=O)[C@H](O)[C@@H]21. The van der Waals surface area contributed by atoms with E-state index in [-0.39, 0.29) is 41.6 Å². The number of hydrogen-bond acceptors (Lipinski definition) is 5. The van der Waals surface area contributed by atoms with Crippen molar-refractivity contribution >= 4 is 23.1 Å². The highest BCUT2D eigenvalue weighted by Crippen LogP contribution is 2.73. The van der Waals surface area contributed by atoms with Crippen LogP contribution in [0.3, 0.4) is 0 Å². The molecule has 5 bridgehead atoms. The van der Waals surface area contributed by atoms with E-state index in [9.17, 15) is 15.0 Å². The van der Waals surface area contributed by atoms with Crippen molar-refractivity contribution in [3.05, 3.63) is 29.8 Å². The number of aliphatic hydroxyl groups is 2. The van der Waals surface area contributed by atoms with Gasteiger partial charge >= 0.3 is 0 Å². The molecule has 5 fully saturated rings. The number of rotatable bonds is 3. The minimum atomic E-state index is -0.919. The average molecular weight is 403 g/mol. The van der Waals surface area contributed by atoms with Crippen LogP contribution in [0.1, 0.15) is 38.7 Å². The van der Waals surface area contributed by atoms with Crippen LogP contribution < -0.4 is 4.90 Å². The van der Waals surface area contributed by atoms with Crippen molar-refractivity contribution in [3.8, 4) is 0 Å². The Labute approximate surface area is 170 Å². The van der Waals surface area contributed by atoms with Gasteiger partial charge in [0.15, 0.2) is 5.78 Å². The lowest BCUT2D eigenvalue weighted by Crippen LogP contribution is -2.80. The third-order valence-corrected chi connectivity index (χ3v) is 9.45. The molecule has 10 atom stereocenters. The van der Waals surface area contributed by atoms with E-state index in [1.165, 1.54) is 0 Å². The van der Waals surface area contributed by atoms with Crippen molar-refractivity contribution in [1.29, 1.82) is 0 Å². The van der Waals surface area contributed by atoms with Gasteiger partial charge in [-0.3, -0.25) is 9.69 Å². The summed E-state index contributed by atoms with van der Waals surface area (Å²) in [4.78, 5) is 17.8. The molecule has 0 aromatic heterocycles. The normalized spacial score (nSPS) is 52.1. The van der Waals surface area contributed by atoms with Crippen LogP contribution >= 0.6 is 11.6 Å². The summed E-state index contributed by atoms with van der Waals surface area (Å²) in [6, 6.07) is 8.31. The van der Waals surface area contributed by atoms with Gasteiger partial charge in [0.25, 0.3) is 0 Å². The molecule has 0 radical (unpaired) electrons. The van der Waals surface area contributed by atoms with Gasteiger partial charge in [-0.15, -0.1) is 11.6 Å². The van der Waals surface area contributed by atoms with Crippen LogP contribution in [-0.2, 0) is 10.2 Å². The lowest BCUT2D eigenvalue weighted by Gasteiger charge is -2.65. The predicted molar refractivity (Wildman–Crippen MR) is 106 cm³/mol. The van der Waals surface area contributed by atoms with Gasteiger partial charge in [-0.2, -0.15) is 0 Å². The number of hydrogen-bond donors (Lipinski definition) is 2. The van der Waals surface area contributed by atoms with E-state index in [4.69, 9.17) is 11.6 Å². The second-order valence-corrected chi connectivity index (χ2v) is 9.74. The number of halogens is 1. The average Bonchev–Trinajstić information content (AvgIpc) is 3.09. The Bertz CT molecular complexity index is 879. The Kier molecular flexibility index (Phi) is 3.36. The number of anilines is 1. The molecule has 5 aliphatic heterocycles. The second kappa shape index (κ2) is 5.31. The van der Waals surface area contributed by atoms with E-state index in [1.807, 2.05) is 23.1 Å². The zero-order chi connectivity index (χ0) is 19.6. The Morgan fingerprint density at radius 3 is 2.75 bits per heavy atom. The van der Waals surface area contributed by atoms with Crippen LogP contribution in [0, 0.1) is 17.8 Å². The molecule has 6 aliphatic rings. The minimum Gasteiger partial charge on any atom is -0.392 e. The molecule has 1 aromatic carbocycles. The molecule has 28 heavy (non-hydrogen) atoms. The highest BCUT2D eigenvalue weighted by atomic mass is 35.5. The summed E-state index contributed by atoms with van der Waals surface area (Å²) in [6.45, 7) is 3.78. The van der Waals surface area contributed by atoms with Gasteiger partial charge in [0.1, 0.15) is 11.8 Å². The molecule has 1 saturated carbocycles. The van der Waals surface area contributed by atoms with Gasteiger partial charge in [0, 0.05) is 29.6 Å². The van der Waals surface area contributed by atoms with Crippen LogP contribution in [0.15, 0.2) is 24.3 Å². The molecule has 6 heteroatoms. The summed E-state index contributed by atoms with van der Waals surface area (Å²) in [7, 11) is 0. The Hall–Kier alpha value is -1.14. The molecule has 2 unspecified atom stereocenters. The van der Waals surface area contributed by atoms with Crippen LogP contribution in [0.2, 0.25) is 0 Å². The first-order valence-electron chi connectivity index (χ1n) is 10.5. The van der Waals surface area contributed by atoms with Crippen molar-refractivity contribution in [2.75, 3.05) is 10.9 Å². The lowest BCUT2D eigenvalue weighted by molar-refractivity contribution is -0.220. The number of para-hydroxylation sites is 1. The summed E-state index contributed by atoms with van der Waals surface area (Å²) >= 11 is 6.51. The lowest BCUT2D eigenvalue weighted by atomic mass is 9.55. The fourth-order valence-corrected chi connectivity index (χ4v) is 8.96. The predicted octanol–water partition coefficient (Wildman–Crippen LogP) is 2.08. The molecular weight excluding hydrogens is 376 g/mol. The first-order chi connectivity index (χ1) is 13.5. The van der Waals surface area contributed by atoms with Gasteiger partial charge in [-0.25, -0.2) is 0 Å². The zero-order valence-corrected chi connectivity index (χ0v) is 17.0. The van der Waals surface area contributed by atoms with Crippen molar-refractivity contribution in [2.24, 2.45) is 17.8 Å². The van der Waals surface area contributed by atoms with Gasteiger partial charge in [-0.1, -0.05) is 25.1 Å². The highest BCUT2D eigenvalue weighted by molar-refractivity contribution is 6.20. The van der Waals surface area contributed by atoms with E-state index < -0.39 is 23.3 Å². The molecule has 5 nitrogen and oxygen atoms in total. The number of carbonyl (C=O) groups is 1.